The summed E-state index contributed by atoms with van der Waals surface area (Å²) in [6, 6.07) is 11.2. The van der Waals surface area contributed by atoms with Crippen molar-refractivity contribution in [3.63, 3.8) is 0 Å². The Morgan fingerprint density at radius 3 is 2.55 bits per heavy atom. The van der Waals surface area contributed by atoms with Crippen molar-refractivity contribution in [1.82, 2.24) is 0 Å². The van der Waals surface area contributed by atoms with Crippen molar-refractivity contribution >= 4 is 23.2 Å². The molecule has 0 aliphatic heterocycles. The molecule has 4 heteroatoms. The lowest BCUT2D eigenvalue weighted by atomic mass is 10.1. The van der Waals surface area contributed by atoms with Crippen molar-refractivity contribution in [1.29, 1.82) is 0 Å². The van der Waals surface area contributed by atoms with Gasteiger partial charge in [0.05, 0.1) is 0 Å². The molecule has 0 saturated heterocycles. The summed E-state index contributed by atoms with van der Waals surface area (Å²) in [7, 11) is 0. The van der Waals surface area contributed by atoms with Gasteiger partial charge in [-0.15, -0.1) is 0 Å². The molecule has 2 rings (SSSR count). The highest BCUT2D eigenvalue weighted by Crippen LogP contribution is 2.23. The van der Waals surface area contributed by atoms with Crippen LogP contribution in [0, 0.1) is 20.8 Å². The van der Waals surface area contributed by atoms with E-state index in [2.05, 4.69) is 5.32 Å². The number of benzene rings is 2. The Morgan fingerprint density at radius 1 is 1.14 bits per heavy atom. The highest BCUT2D eigenvalue weighted by Gasteiger charge is 2.17. The van der Waals surface area contributed by atoms with Crippen LogP contribution in [-0.4, -0.2) is 12.0 Å². The smallest absolute Gasteiger partial charge is 0.265 e. The summed E-state index contributed by atoms with van der Waals surface area (Å²) in [5, 5.41) is 3.52. The lowest BCUT2D eigenvalue weighted by molar-refractivity contribution is -0.122. The van der Waals surface area contributed by atoms with Crippen molar-refractivity contribution in [3.05, 3.63) is 58.1 Å². The summed E-state index contributed by atoms with van der Waals surface area (Å²) >= 11 is 5.92. The third-order valence-corrected chi connectivity index (χ3v) is 3.91. The van der Waals surface area contributed by atoms with Crippen LogP contribution in [0.4, 0.5) is 5.69 Å². The number of carbonyl (C=O) groups excluding carboxylic acids is 1. The Hall–Kier alpha value is -2.00. The van der Waals surface area contributed by atoms with E-state index in [1.165, 1.54) is 0 Å². The molecule has 3 nitrogen and oxygen atoms in total. The van der Waals surface area contributed by atoms with Crippen LogP contribution in [0.2, 0.25) is 5.02 Å². The monoisotopic (exact) mass is 317 g/mol. The van der Waals surface area contributed by atoms with Gasteiger partial charge in [0, 0.05) is 10.7 Å². The standard InChI is InChI=1S/C18H20ClNO2/c1-11-6-5-7-17(13(11)3)22-14(4)18(21)20-16-9-8-15(19)10-12(16)2/h5-10,14H,1-4H3,(H,20,21)/t14-/m1/s1. The average molecular weight is 318 g/mol. The van der Waals surface area contributed by atoms with E-state index in [9.17, 15) is 4.79 Å². The first kappa shape index (κ1) is 16.4. The number of anilines is 1. The molecule has 0 unspecified atom stereocenters. The van der Waals surface area contributed by atoms with Crippen molar-refractivity contribution in [3.8, 4) is 5.75 Å². The number of rotatable bonds is 4. The number of hydrogen-bond acceptors (Lipinski definition) is 2. The SMILES string of the molecule is Cc1cc(Cl)ccc1NC(=O)[C@@H](C)Oc1cccc(C)c1C. The second-order valence-corrected chi connectivity index (χ2v) is 5.84. The highest BCUT2D eigenvalue weighted by molar-refractivity contribution is 6.30. The number of amides is 1. The zero-order valence-corrected chi connectivity index (χ0v) is 14.0. The molecule has 0 saturated carbocycles. The minimum absolute atomic E-state index is 0.189. The van der Waals surface area contributed by atoms with Gasteiger partial charge in [-0.3, -0.25) is 4.79 Å². The van der Waals surface area contributed by atoms with E-state index >= 15 is 0 Å². The fourth-order valence-electron chi connectivity index (χ4n) is 2.10. The van der Waals surface area contributed by atoms with Crippen molar-refractivity contribution in [2.24, 2.45) is 0 Å². The molecule has 1 atom stereocenters. The normalized spacial score (nSPS) is 11.9. The molecular formula is C18H20ClNO2. The third kappa shape index (κ3) is 3.80. The van der Waals surface area contributed by atoms with Gasteiger partial charge in [0.1, 0.15) is 5.75 Å². The Bertz CT molecular complexity index is 697. The van der Waals surface area contributed by atoms with Crippen LogP contribution in [0.15, 0.2) is 36.4 Å². The maximum atomic E-state index is 12.3. The lowest BCUT2D eigenvalue weighted by Gasteiger charge is -2.18. The van der Waals surface area contributed by atoms with Crippen molar-refractivity contribution in [2.75, 3.05) is 5.32 Å². The summed E-state index contributed by atoms with van der Waals surface area (Å²) in [4.78, 5) is 12.3. The topological polar surface area (TPSA) is 38.3 Å². The first-order chi connectivity index (χ1) is 10.4. The number of nitrogens with one attached hydrogen (secondary N) is 1. The fourth-order valence-corrected chi connectivity index (χ4v) is 2.32. The molecule has 0 radical (unpaired) electrons. The fraction of sp³-hybridized carbons (Fsp3) is 0.278. The third-order valence-electron chi connectivity index (χ3n) is 3.67. The molecule has 0 aliphatic carbocycles. The number of aryl methyl sites for hydroxylation is 2. The Labute approximate surface area is 136 Å². The maximum absolute atomic E-state index is 12.3. The molecular weight excluding hydrogens is 298 g/mol. The van der Waals surface area contributed by atoms with Crippen LogP contribution in [-0.2, 0) is 4.79 Å². The second kappa shape index (κ2) is 6.84. The van der Waals surface area contributed by atoms with Crippen LogP contribution in [0.5, 0.6) is 5.75 Å². The van der Waals surface area contributed by atoms with Gasteiger partial charge < -0.3 is 10.1 Å². The Balaban J connectivity index is 2.07. The Kier molecular flexibility index (Phi) is 5.09. The first-order valence-electron chi connectivity index (χ1n) is 7.18. The van der Waals surface area contributed by atoms with E-state index < -0.39 is 6.10 Å². The molecule has 2 aromatic carbocycles. The summed E-state index contributed by atoms with van der Waals surface area (Å²) in [6.07, 6.45) is -0.587. The van der Waals surface area contributed by atoms with E-state index in [0.717, 1.165) is 28.1 Å². The predicted octanol–water partition coefficient (Wildman–Crippen LogP) is 4.67. The Morgan fingerprint density at radius 2 is 1.86 bits per heavy atom. The zero-order valence-electron chi connectivity index (χ0n) is 13.2. The molecule has 1 N–H and O–H groups in total. The summed E-state index contributed by atoms with van der Waals surface area (Å²) in [6.45, 7) is 7.64. The van der Waals surface area contributed by atoms with Crippen molar-refractivity contribution < 1.29 is 9.53 Å². The van der Waals surface area contributed by atoms with Crippen LogP contribution >= 0.6 is 11.6 Å². The molecule has 0 fully saturated rings. The van der Waals surface area contributed by atoms with E-state index in [-0.39, 0.29) is 5.91 Å². The minimum Gasteiger partial charge on any atom is -0.481 e. The van der Waals surface area contributed by atoms with Crippen LogP contribution in [0.3, 0.4) is 0 Å². The molecule has 0 aliphatic rings. The average Bonchev–Trinajstić information content (AvgIpc) is 2.46. The van der Waals surface area contributed by atoms with Crippen LogP contribution in [0.1, 0.15) is 23.6 Å². The largest absolute Gasteiger partial charge is 0.481 e. The zero-order chi connectivity index (χ0) is 16.3. The van der Waals surface area contributed by atoms with Gasteiger partial charge in [-0.2, -0.15) is 0 Å². The van der Waals surface area contributed by atoms with Gasteiger partial charge in [-0.05, 0) is 68.7 Å². The van der Waals surface area contributed by atoms with Crippen LogP contribution < -0.4 is 10.1 Å². The molecule has 2 aromatic rings. The van der Waals surface area contributed by atoms with Crippen molar-refractivity contribution in [2.45, 2.75) is 33.8 Å². The molecule has 116 valence electrons. The van der Waals surface area contributed by atoms with E-state index in [1.807, 2.05) is 45.0 Å². The minimum atomic E-state index is -0.587. The van der Waals surface area contributed by atoms with E-state index in [1.54, 1.807) is 19.1 Å². The molecule has 0 bridgehead atoms. The summed E-state index contributed by atoms with van der Waals surface area (Å²) in [5.74, 6) is 0.543. The quantitative estimate of drug-likeness (QED) is 0.889. The van der Waals surface area contributed by atoms with Crippen LogP contribution in [0.25, 0.3) is 0 Å². The van der Waals surface area contributed by atoms with Gasteiger partial charge in [-0.1, -0.05) is 23.7 Å². The predicted molar refractivity (Wildman–Crippen MR) is 90.8 cm³/mol. The first-order valence-corrected chi connectivity index (χ1v) is 7.56. The van der Waals surface area contributed by atoms with Gasteiger partial charge in [0.25, 0.3) is 5.91 Å². The second-order valence-electron chi connectivity index (χ2n) is 5.41. The van der Waals surface area contributed by atoms with Gasteiger partial charge in [-0.25, -0.2) is 0 Å². The molecule has 22 heavy (non-hydrogen) atoms. The summed E-state index contributed by atoms with van der Waals surface area (Å²) < 4.78 is 5.79. The number of carbonyl (C=O) groups is 1. The number of halogens is 1. The lowest BCUT2D eigenvalue weighted by Crippen LogP contribution is -2.30. The molecule has 1 amide bonds. The highest BCUT2D eigenvalue weighted by atomic mass is 35.5. The van der Waals surface area contributed by atoms with E-state index in [0.29, 0.717) is 5.02 Å². The summed E-state index contributed by atoms with van der Waals surface area (Å²) in [5.41, 5.74) is 3.84. The van der Waals surface area contributed by atoms with Gasteiger partial charge in [0.2, 0.25) is 0 Å². The maximum Gasteiger partial charge on any atom is 0.265 e. The van der Waals surface area contributed by atoms with E-state index in [4.69, 9.17) is 16.3 Å². The van der Waals surface area contributed by atoms with Gasteiger partial charge >= 0.3 is 0 Å². The van der Waals surface area contributed by atoms with Gasteiger partial charge in [0.15, 0.2) is 6.10 Å². The molecule has 0 heterocycles. The molecule has 0 aromatic heterocycles. The number of hydrogen-bond donors (Lipinski definition) is 1. The number of ether oxygens (including phenoxy) is 1. The molecule has 0 spiro atoms.